The SMILES string of the molecule is O=C(O)CCCNC(=O)CC1CS(=O)(=O)CCN1. The van der Waals surface area contributed by atoms with Gasteiger partial charge in [-0.25, -0.2) is 8.42 Å². The Kier molecular flexibility index (Phi) is 5.54. The van der Waals surface area contributed by atoms with Gasteiger partial charge in [-0.15, -0.1) is 0 Å². The molecule has 3 N–H and O–H groups in total. The first-order valence-corrected chi connectivity index (χ1v) is 7.63. The lowest BCUT2D eigenvalue weighted by atomic mass is 10.2. The van der Waals surface area contributed by atoms with E-state index in [4.69, 9.17) is 5.11 Å². The van der Waals surface area contributed by atoms with E-state index in [0.717, 1.165) is 0 Å². The van der Waals surface area contributed by atoms with Crippen molar-refractivity contribution in [1.29, 1.82) is 0 Å². The number of nitrogens with one attached hydrogen (secondary N) is 2. The van der Waals surface area contributed by atoms with Gasteiger partial charge in [0.25, 0.3) is 0 Å². The molecule has 1 rings (SSSR count). The molecule has 0 bridgehead atoms. The number of aliphatic carboxylic acids is 1. The molecule has 0 aromatic heterocycles. The second-order valence-electron chi connectivity index (χ2n) is 4.32. The zero-order chi connectivity index (χ0) is 13.6. The van der Waals surface area contributed by atoms with E-state index in [9.17, 15) is 18.0 Å². The van der Waals surface area contributed by atoms with Gasteiger partial charge in [0.05, 0.1) is 11.5 Å². The second-order valence-corrected chi connectivity index (χ2v) is 6.55. The minimum Gasteiger partial charge on any atom is -0.481 e. The topological polar surface area (TPSA) is 113 Å². The molecule has 0 aromatic carbocycles. The third-order valence-electron chi connectivity index (χ3n) is 2.62. The summed E-state index contributed by atoms with van der Waals surface area (Å²) >= 11 is 0. The van der Waals surface area contributed by atoms with Crippen LogP contribution in [-0.2, 0) is 19.4 Å². The number of carbonyl (C=O) groups is 2. The summed E-state index contributed by atoms with van der Waals surface area (Å²) in [6.45, 7) is 0.671. The Labute approximate surface area is 106 Å². The number of hydrogen-bond donors (Lipinski definition) is 3. The van der Waals surface area contributed by atoms with Crippen molar-refractivity contribution >= 4 is 21.7 Å². The van der Waals surface area contributed by atoms with Crippen molar-refractivity contribution in [2.75, 3.05) is 24.6 Å². The maximum Gasteiger partial charge on any atom is 0.303 e. The number of amides is 1. The molecule has 0 aliphatic carbocycles. The third kappa shape index (κ3) is 5.97. The summed E-state index contributed by atoms with van der Waals surface area (Å²) in [6.07, 6.45) is 0.486. The fourth-order valence-corrected chi connectivity index (χ4v) is 3.21. The second kappa shape index (κ2) is 6.69. The summed E-state index contributed by atoms with van der Waals surface area (Å²) in [7, 11) is -3.03. The third-order valence-corrected chi connectivity index (χ3v) is 4.36. The molecule has 1 heterocycles. The quantitative estimate of drug-likeness (QED) is 0.523. The van der Waals surface area contributed by atoms with Crippen molar-refractivity contribution in [3.05, 3.63) is 0 Å². The van der Waals surface area contributed by atoms with Crippen LogP contribution in [0.5, 0.6) is 0 Å². The Morgan fingerprint density at radius 3 is 2.72 bits per heavy atom. The molecule has 1 atom stereocenters. The molecule has 1 aliphatic rings. The normalized spacial score (nSPS) is 22.3. The Bertz CT molecular complexity index is 406. The van der Waals surface area contributed by atoms with Crippen LogP contribution < -0.4 is 10.6 Å². The van der Waals surface area contributed by atoms with Gasteiger partial charge < -0.3 is 15.7 Å². The molecule has 1 amide bonds. The van der Waals surface area contributed by atoms with E-state index >= 15 is 0 Å². The number of carboxylic acids is 1. The Morgan fingerprint density at radius 2 is 2.11 bits per heavy atom. The molecule has 18 heavy (non-hydrogen) atoms. The van der Waals surface area contributed by atoms with Crippen LogP contribution in [0.25, 0.3) is 0 Å². The first-order valence-electron chi connectivity index (χ1n) is 5.81. The molecule has 1 fully saturated rings. The van der Waals surface area contributed by atoms with Crippen LogP contribution in [0.4, 0.5) is 0 Å². The largest absolute Gasteiger partial charge is 0.481 e. The van der Waals surface area contributed by atoms with E-state index in [0.29, 0.717) is 19.5 Å². The number of carboxylic acid groups (broad SMARTS) is 1. The lowest BCUT2D eigenvalue weighted by molar-refractivity contribution is -0.137. The molecule has 1 unspecified atom stereocenters. The van der Waals surface area contributed by atoms with E-state index in [2.05, 4.69) is 10.6 Å². The number of sulfone groups is 1. The van der Waals surface area contributed by atoms with Gasteiger partial charge in [0, 0.05) is 32.0 Å². The summed E-state index contributed by atoms with van der Waals surface area (Å²) in [6, 6.07) is -0.344. The first-order chi connectivity index (χ1) is 8.39. The highest BCUT2D eigenvalue weighted by Gasteiger charge is 2.25. The van der Waals surface area contributed by atoms with Crippen LogP contribution in [0, 0.1) is 0 Å². The highest BCUT2D eigenvalue weighted by atomic mass is 32.2. The summed E-state index contributed by atoms with van der Waals surface area (Å²) in [5.41, 5.74) is 0. The van der Waals surface area contributed by atoms with Crippen LogP contribution >= 0.6 is 0 Å². The number of rotatable bonds is 6. The number of hydrogen-bond acceptors (Lipinski definition) is 5. The summed E-state index contributed by atoms with van der Waals surface area (Å²) in [5.74, 6) is -1.06. The highest BCUT2D eigenvalue weighted by Crippen LogP contribution is 2.04. The van der Waals surface area contributed by atoms with Gasteiger partial charge in [-0.05, 0) is 6.42 Å². The van der Waals surface area contributed by atoms with Crippen molar-refractivity contribution < 1.29 is 23.1 Å². The average molecular weight is 278 g/mol. The van der Waals surface area contributed by atoms with Gasteiger partial charge in [0.15, 0.2) is 9.84 Å². The minimum absolute atomic E-state index is 0.0103. The molecule has 0 saturated carbocycles. The van der Waals surface area contributed by atoms with Gasteiger partial charge in [0.2, 0.25) is 5.91 Å². The standard InChI is InChI=1S/C10H18N2O5S/c13-9(12-3-1-2-10(14)15)6-8-7-18(16,17)5-4-11-8/h8,11H,1-7H2,(H,12,13)(H,14,15). The number of carbonyl (C=O) groups excluding carboxylic acids is 1. The summed E-state index contributed by atoms with van der Waals surface area (Å²) in [5, 5.41) is 14.0. The van der Waals surface area contributed by atoms with Crippen LogP contribution in [0.15, 0.2) is 0 Å². The van der Waals surface area contributed by atoms with Gasteiger partial charge in [0.1, 0.15) is 0 Å². The molecule has 104 valence electrons. The van der Waals surface area contributed by atoms with E-state index in [1.807, 2.05) is 0 Å². The van der Waals surface area contributed by atoms with Crippen LogP contribution in [-0.4, -0.2) is 56.0 Å². The molecule has 7 nitrogen and oxygen atoms in total. The van der Waals surface area contributed by atoms with Gasteiger partial charge in [-0.3, -0.25) is 9.59 Å². The van der Waals surface area contributed by atoms with Crippen molar-refractivity contribution in [3.63, 3.8) is 0 Å². The lowest BCUT2D eigenvalue weighted by Crippen LogP contribution is -2.47. The Balaban J connectivity index is 2.21. The predicted molar refractivity (Wildman–Crippen MR) is 64.9 cm³/mol. The average Bonchev–Trinajstić information content (AvgIpc) is 2.22. The maximum atomic E-state index is 11.5. The van der Waals surface area contributed by atoms with Crippen molar-refractivity contribution in [1.82, 2.24) is 10.6 Å². The van der Waals surface area contributed by atoms with E-state index in [-0.39, 0.29) is 36.3 Å². The molecule has 0 aromatic rings. The maximum absolute atomic E-state index is 11.5. The van der Waals surface area contributed by atoms with Crippen molar-refractivity contribution in [3.8, 4) is 0 Å². The molecule has 1 aliphatic heterocycles. The molecule has 0 spiro atoms. The van der Waals surface area contributed by atoms with Gasteiger partial charge in [-0.2, -0.15) is 0 Å². The monoisotopic (exact) mass is 278 g/mol. The van der Waals surface area contributed by atoms with Crippen LogP contribution in [0.2, 0.25) is 0 Å². The fraction of sp³-hybridized carbons (Fsp3) is 0.800. The predicted octanol–water partition coefficient (Wildman–Crippen LogP) is -1.26. The van der Waals surface area contributed by atoms with Crippen LogP contribution in [0.3, 0.4) is 0 Å². The molecular weight excluding hydrogens is 260 g/mol. The zero-order valence-corrected chi connectivity index (χ0v) is 10.8. The molecule has 1 saturated heterocycles. The van der Waals surface area contributed by atoms with Crippen molar-refractivity contribution in [2.45, 2.75) is 25.3 Å². The van der Waals surface area contributed by atoms with Gasteiger partial charge in [-0.1, -0.05) is 0 Å². The van der Waals surface area contributed by atoms with E-state index in [1.54, 1.807) is 0 Å². The van der Waals surface area contributed by atoms with Crippen LogP contribution in [0.1, 0.15) is 19.3 Å². The summed E-state index contributed by atoms with van der Waals surface area (Å²) in [4.78, 5) is 21.7. The van der Waals surface area contributed by atoms with E-state index in [1.165, 1.54) is 0 Å². The molecule has 8 heteroatoms. The minimum atomic E-state index is -3.03. The highest BCUT2D eigenvalue weighted by molar-refractivity contribution is 7.91. The van der Waals surface area contributed by atoms with Crippen molar-refractivity contribution in [2.24, 2.45) is 0 Å². The van der Waals surface area contributed by atoms with Gasteiger partial charge >= 0.3 is 5.97 Å². The molecular formula is C10H18N2O5S. The zero-order valence-electron chi connectivity index (χ0n) is 10.0. The smallest absolute Gasteiger partial charge is 0.303 e. The summed E-state index contributed by atoms with van der Waals surface area (Å²) < 4.78 is 22.7. The Morgan fingerprint density at radius 1 is 1.39 bits per heavy atom. The molecule has 0 radical (unpaired) electrons. The van der Waals surface area contributed by atoms with E-state index < -0.39 is 15.8 Å². The first kappa shape index (κ1) is 14.9. The Hall–Kier alpha value is -1.15. The fourth-order valence-electron chi connectivity index (χ4n) is 1.76. The lowest BCUT2D eigenvalue weighted by Gasteiger charge is -2.23.